The van der Waals surface area contributed by atoms with Gasteiger partial charge in [0.05, 0.1) is 22.3 Å². The number of benzene rings is 4. The number of hydrogen-bond acceptors (Lipinski definition) is 0. The van der Waals surface area contributed by atoms with Gasteiger partial charge in [0, 0.05) is 9.52 Å². The van der Waals surface area contributed by atoms with Crippen LogP contribution in [0.4, 0.5) is 52.7 Å². The van der Waals surface area contributed by atoms with Gasteiger partial charge in [-0.2, -0.15) is 64.8 Å². The number of aryl methyl sites for hydroxylation is 4. The molecule has 58 heavy (non-hydrogen) atoms. The molecule has 0 aromatic heterocycles. The van der Waals surface area contributed by atoms with Crippen LogP contribution in [-0.4, -0.2) is 9.52 Å². The minimum absolute atomic E-state index is 0.0801. The molecule has 6 rings (SSSR count). The van der Waals surface area contributed by atoms with E-state index in [0.29, 0.717) is 33.0 Å². The van der Waals surface area contributed by atoms with Crippen molar-refractivity contribution in [1.82, 2.24) is 0 Å². The second kappa shape index (κ2) is 20.0. The molecule has 16 heteroatoms. The monoisotopic (exact) mass is 956 g/mol. The van der Waals surface area contributed by atoms with Gasteiger partial charge in [0.15, 0.2) is 0 Å². The van der Waals surface area contributed by atoms with Crippen molar-refractivity contribution < 1.29 is 73.5 Å². The van der Waals surface area contributed by atoms with E-state index in [1.807, 2.05) is 50.2 Å². The molecular formula is C42H36Cl2F12SiZr. The van der Waals surface area contributed by atoms with E-state index in [-0.39, 0.29) is 23.3 Å². The summed E-state index contributed by atoms with van der Waals surface area (Å²) < 4.78 is 158. The summed E-state index contributed by atoms with van der Waals surface area (Å²) >= 11 is -0.826. The molecule has 2 radical (unpaired) electrons. The first-order valence-corrected chi connectivity index (χ1v) is 25.7. The molecule has 0 spiro atoms. The predicted octanol–water partition coefficient (Wildman–Crippen LogP) is 16.4. The Kier molecular flexibility index (Phi) is 17.0. The Bertz CT molecular complexity index is 2070. The van der Waals surface area contributed by atoms with E-state index in [1.165, 1.54) is 0 Å². The van der Waals surface area contributed by atoms with Crippen LogP contribution in [0, 0.1) is 13.8 Å². The van der Waals surface area contributed by atoms with E-state index < -0.39 is 67.8 Å². The normalized spacial score (nSPS) is 11.9. The first-order valence-electron chi connectivity index (χ1n) is 17.4. The van der Waals surface area contributed by atoms with Crippen molar-refractivity contribution in [1.29, 1.82) is 0 Å². The van der Waals surface area contributed by atoms with Gasteiger partial charge in [-0.3, -0.25) is 0 Å². The van der Waals surface area contributed by atoms with E-state index in [4.69, 9.17) is 17.0 Å². The first kappa shape index (κ1) is 49.3. The van der Waals surface area contributed by atoms with Gasteiger partial charge in [-0.15, -0.1) is 69.1 Å². The van der Waals surface area contributed by atoms with Crippen LogP contribution in [-0.2, 0) is 58.4 Å². The van der Waals surface area contributed by atoms with Crippen molar-refractivity contribution in [2.75, 3.05) is 0 Å². The van der Waals surface area contributed by atoms with Crippen molar-refractivity contribution in [2.24, 2.45) is 0 Å². The van der Waals surface area contributed by atoms with Crippen molar-refractivity contribution >= 4 is 48.1 Å². The van der Waals surface area contributed by atoms with E-state index in [9.17, 15) is 52.7 Å². The maximum atomic E-state index is 13.2. The Morgan fingerprint density at radius 2 is 0.759 bits per heavy atom. The van der Waals surface area contributed by atoms with Crippen LogP contribution >= 0.6 is 17.0 Å². The molecule has 0 heterocycles. The predicted molar refractivity (Wildman–Crippen MR) is 207 cm³/mol. The molecule has 0 atom stereocenters. The average molecular weight is 959 g/mol. The number of halogens is 14. The molecule has 0 nitrogen and oxygen atoms in total. The summed E-state index contributed by atoms with van der Waals surface area (Å²) in [7, 11) is 11.0. The third-order valence-corrected chi connectivity index (χ3v) is 8.89. The van der Waals surface area contributed by atoms with Gasteiger partial charge in [-0.05, 0) is 74.2 Å². The molecule has 0 aliphatic rings. The molecular weight excluding hydrogens is 923 g/mol. The van der Waals surface area contributed by atoms with Gasteiger partial charge in [-0.1, -0.05) is 49.2 Å². The zero-order valence-corrected chi connectivity index (χ0v) is 36.8. The zero-order valence-electron chi connectivity index (χ0n) is 31.8. The standard InChI is InChI=1S/2C20H15F6.C2H6Si.2ClH.Zr/c2*1-3-12-6-13-5-4-11(2)18(17(13)7-12)14-8-15(19(21,22)23)10-16(9-14)20(24,25)26;1-3-2;;;/h2*4-10H,3H2,1-2H3;1-2H3;2*1H;/q2*-1;;;;+4/p-2. The van der Waals surface area contributed by atoms with E-state index in [2.05, 4.69) is 13.1 Å². The van der Waals surface area contributed by atoms with Crippen molar-refractivity contribution in [2.45, 2.75) is 78.3 Å². The maximum absolute atomic E-state index is 13.2. The van der Waals surface area contributed by atoms with Crippen molar-refractivity contribution in [3.05, 3.63) is 129 Å². The molecule has 0 unspecified atom stereocenters. The molecule has 0 fully saturated rings. The molecule has 6 aromatic rings. The van der Waals surface area contributed by atoms with Gasteiger partial charge in [0.25, 0.3) is 0 Å². The Morgan fingerprint density at radius 3 is 0.983 bits per heavy atom. The minimum atomic E-state index is -4.86. The Hall–Kier alpha value is -3.06. The molecule has 0 aliphatic carbocycles. The summed E-state index contributed by atoms with van der Waals surface area (Å²) in [5.41, 5.74) is -1.37. The zero-order chi connectivity index (χ0) is 44.0. The van der Waals surface area contributed by atoms with Crippen molar-refractivity contribution in [3.63, 3.8) is 0 Å². The van der Waals surface area contributed by atoms with E-state index in [1.54, 1.807) is 26.0 Å². The molecule has 0 saturated heterocycles. The number of fused-ring (bicyclic) bond motifs is 2. The summed E-state index contributed by atoms with van der Waals surface area (Å²) in [6.07, 6.45) is -18.0. The summed E-state index contributed by atoms with van der Waals surface area (Å²) in [4.78, 5) is 0. The SMILES string of the molecule is CCc1cc2c(-c3cc(C(F)(F)F)cc(C(F)(F)F)c3)c(C)ccc2[cH-]1.CCc1cc2c(-c3cc(C(F)(F)F)cc(C(F)(F)F)c3)c(C)ccc2[cH-]1.C[Si]C.[Cl][Zr+2][Cl]. The van der Waals surface area contributed by atoms with Crippen LogP contribution in [0.25, 0.3) is 43.8 Å². The molecule has 310 valence electrons. The number of rotatable bonds is 4. The van der Waals surface area contributed by atoms with Gasteiger partial charge in [-0.25, -0.2) is 0 Å². The van der Waals surface area contributed by atoms with Crippen LogP contribution in [0.3, 0.4) is 0 Å². The summed E-state index contributed by atoms with van der Waals surface area (Å²) in [6.45, 7) is 11.5. The summed E-state index contributed by atoms with van der Waals surface area (Å²) in [5.74, 6) is 0. The molecule has 0 N–H and O–H groups in total. The fourth-order valence-corrected chi connectivity index (χ4v) is 6.28. The Labute approximate surface area is 349 Å². The van der Waals surface area contributed by atoms with E-state index in [0.717, 1.165) is 68.5 Å². The number of hydrogen-bond donors (Lipinski definition) is 0. The summed E-state index contributed by atoms with van der Waals surface area (Å²) in [6, 6.07) is 18.0. The molecule has 0 amide bonds. The average Bonchev–Trinajstić information content (AvgIpc) is 3.75. The number of alkyl halides is 12. The fourth-order valence-electron chi connectivity index (χ4n) is 6.28. The second-order valence-electron chi connectivity index (χ2n) is 13.1. The van der Waals surface area contributed by atoms with Crippen LogP contribution in [0.5, 0.6) is 0 Å². The molecule has 0 saturated carbocycles. The van der Waals surface area contributed by atoms with Gasteiger partial charge in [0.1, 0.15) is 0 Å². The molecule has 0 bridgehead atoms. The third kappa shape index (κ3) is 12.5. The van der Waals surface area contributed by atoms with Crippen LogP contribution in [0.15, 0.2) is 84.9 Å². The third-order valence-electron chi connectivity index (χ3n) is 8.89. The quantitative estimate of drug-likeness (QED) is 0.0938. The van der Waals surface area contributed by atoms with Crippen LogP contribution < -0.4 is 0 Å². The van der Waals surface area contributed by atoms with Crippen LogP contribution in [0.1, 0.15) is 58.4 Å². The van der Waals surface area contributed by atoms with Crippen LogP contribution in [0.2, 0.25) is 13.1 Å². The first-order chi connectivity index (χ1) is 26.8. The van der Waals surface area contributed by atoms with Crippen molar-refractivity contribution in [3.8, 4) is 22.3 Å². The Balaban J connectivity index is 0.000000273. The Morgan fingerprint density at radius 1 is 0.500 bits per heavy atom. The summed E-state index contributed by atoms with van der Waals surface area (Å²) in [5, 5.41) is 2.92. The van der Waals surface area contributed by atoms with E-state index >= 15 is 0 Å². The molecule has 6 aromatic carbocycles. The topological polar surface area (TPSA) is 0 Å². The van der Waals surface area contributed by atoms with Gasteiger partial charge in [0.2, 0.25) is 0 Å². The van der Waals surface area contributed by atoms with Gasteiger partial charge < -0.3 is 0 Å². The fraction of sp³-hybridized carbons (Fsp3) is 0.286. The molecule has 0 aliphatic heterocycles. The second-order valence-corrected chi connectivity index (χ2v) is 17.8. The van der Waals surface area contributed by atoms with Gasteiger partial charge >= 0.3 is 62.6 Å².